The van der Waals surface area contributed by atoms with Crippen LogP contribution >= 0.6 is 24.0 Å². The summed E-state index contributed by atoms with van der Waals surface area (Å²) < 4.78 is 0. The number of aliphatic imine (C=N–C) groups is 1. The van der Waals surface area contributed by atoms with Gasteiger partial charge in [0.2, 0.25) is 5.91 Å². The average molecular weight is 387 g/mol. The highest BCUT2D eigenvalue weighted by Gasteiger charge is 2.00. The van der Waals surface area contributed by atoms with Gasteiger partial charge in [-0.1, -0.05) is 19.1 Å². The van der Waals surface area contributed by atoms with E-state index >= 15 is 0 Å². The second kappa shape index (κ2) is 10.0. The highest BCUT2D eigenvalue weighted by molar-refractivity contribution is 14.0. The van der Waals surface area contributed by atoms with Gasteiger partial charge in [-0.3, -0.25) is 4.79 Å². The number of benzene rings is 1. The summed E-state index contributed by atoms with van der Waals surface area (Å²) in [5.41, 5.74) is 7.68. The summed E-state index contributed by atoms with van der Waals surface area (Å²) in [6, 6.07) is 9.60. The van der Waals surface area contributed by atoms with Crippen LogP contribution in [0.1, 0.15) is 12.5 Å². The maximum absolute atomic E-state index is 11.2. The van der Waals surface area contributed by atoms with Gasteiger partial charge in [0, 0.05) is 5.69 Å². The largest absolute Gasteiger partial charge is 0.370 e. The van der Waals surface area contributed by atoms with Crippen molar-refractivity contribution in [2.45, 2.75) is 13.3 Å². The lowest BCUT2D eigenvalue weighted by molar-refractivity contribution is -0.119. The maximum Gasteiger partial charge on any atom is 0.242 e. The number of amides is 1. The first-order chi connectivity index (χ1) is 9.15. The number of nitrogens with two attached hydrogens (primary N) is 1. The van der Waals surface area contributed by atoms with Crippen molar-refractivity contribution in [3.05, 3.63) is 29.8 Å². The summed E-state index contributed by atoms with van der Waals surface area (Å²) in [5.74, 6) is -0.172. The number of aryl methyl sites for hydroxylation is 1. The maximum atomic E-state index is 11.2. The monoisotopic (exact) mass is 387 g/mol. The lowest BCUT2D eigenvalue weighted by Crippen LogP contribution is -2.29. The Kier molecular flexibility index (Phi) is 9.11. The third kappa shape index (κ3) is 6.94. The van der Waals surface area contributed by atoms with Crippen LogP contribution in [0.5, 0.6) is 0 Å². The number of nitrogens with zero attached hydrogens (tertiary/aromatic N) is 2. The van der Waals surface area contributed by atoms with Crippen LogP contribution in [0, 0.1) is 11.3 Å². The minimum absolute atomic E-state index is 0. The van der Waals surface area contributed by atoms with Gasteiger partial charge in [0.05, 0.1) is 6.07 Å². The van der Waals surface area contributed by atoms with Gasteiger partial charge in [0.15, 0.2) is 5.96 Å². The Bertz CT molecular complexity index is 510. The van der Waals surface area contributed by atoms with Gasteiger partial charge in [-0.05, 0) is 24.1 Å². The molecule has 1 rings (SSSR count). The fourth-order valence-electron chi connectivity index (χ4n) is 1.41. The molecule has 0 atom stereocenters. The summed E-state index contributed by atoms with van der Waals surface area (Å²) in [6.45, 7) is 1.93. The third-order valence-corrected chi connectivity index (χ3v) is 2.37. The summed E-state index contributed by atoms with van der Waals surface area (Å²) >= 11 is 0. The first-order valence-corrected chi connectivity index (χ1v) is 5.95. The first kappa shape index (κ1) is 18.2. The number of carbonyl (C=O) groups is 1. The molecular formula is C13H18IN5O. The number of nitrogens with one attached hydrogen (secondary N) is 2. The Hall–Kier alpha value is -1.82. The van der Waals surface area contributed by atoms with Crippen LogP contribution in [-0.2, 0) is 11.2 Å². The number of halogens is 1. The van der Waals surface area contributed by atoms with Gasteiger partial charge in [0.25, 0.3) is 0 Å². The SMILES string of the molecule is CCc1cccc(NC(N)=NCC(=O)NCC#N)c1.I. The zero-order valence-corrected chi connectivity index (χ0v) is 13.5. The lowest BCUT2D eigenvalue weighted by atomic mass is 10.1. The highest BCUT2D eigenvalue weighted by atomic mass is 127. The average Bonchev–Trinajstić information content (AvgIpc) is 2.43. The molecule has 1 aromatic rings. The number of rotatable bonds is 5. The standard InChI is InChI=1S/C13H17N5O.HI/c1-2-10-4-3-5-11(8-10)18-13(15)17-9-12(19)16-7-6-14;/h3-5,8H,2,7,9H2,1H3,(H,16,19)(H3,15,17,18);1H. The predicted octanol–water partition coefficient (Wildman–Crippen LogP) is 1.23. The number of hydrogen-bond acceptors (Lipinski definition) is 3. The first-order valence-electron chi connectivity index (χ1n) is 5.95. The van der Waals surface area contributed by atoms with Crippen LogP contribution in [0.2, 0.25) is 0 Å². The molecule has 0 saturated heterocycles. The third-order valence-electron chi connectivity index (χ3n) is 2.37. The molecule has 0 unspecified atom stereocenters. The topological polar surface area (TPSA) is 103 Å². The van der Waals surface area contributed by atoms with E-state index in [0.29, 0.717) is 0 Å². The van der Waals surface area contributed by atoms with Gasteiger partial charge in [-0.25, -0.2) is 4.99 Å². The number of hydrogen-bond donors (Lipinski definition) is 3. The molecule has 0 heterocycles. The zero-order chi connectivity index (χ0) is 14.1. The minimum Gasteiger partial charge on any atom is -0.370 e. The lowest BCUT2D eigenvalue weighted by Gasteiger charge is -2.07. The van der Waals surface area contributed by atoms with Gasteiger partial charge < -0.3 is 16.4 Å². The van der Waals surface area contributed by atoms with E-state index in [-0.39, 0.29) is 48.9 Å². The number of carbonyl (C=O) groups excluding carboxylic acids is 1. The molecule has 0 bridgehead atoms. The quantitative estimate of drug-likeness (QED) is 0.306. The van der Waals surface area contributed by atoms with E-state index in [1.807, 2.05) is 30.3 Å². The molecule has 6 nitrogen and oxygen atoms in total. The van der Waals surface area contributed by atoms with E-state index in [0.717, 1.165) is 12.1 Å². The Labute approximate surface area is 135 Å². The smallest absolute Gasteiger partial charge is 0.242 e. The van der Waals surface area contributed by atoms with E-state index in [9.17, 15) is 4.79 Å². The molecule has 7 heteroatoms. The van der Waals surface area contributed by atoms with Gasteiger partial charge in [-0.2, -0.15) is 5.26 Å². The van der Waals surface area contributed by atoms with Gasteiger partial charge >= 0.3 is 0 Å². The van der Waals surface area contributed by atoms with Gasteiger partial charge in [0.1, 0.15) is 13.1 Å². The fourth-order valence-corrected chi connectivity index (χ4v) is 1.41. The molecule has 4 N–H and O–H groups in total. The number of nitriles is 1. The summed E-state index contributed by atoms with van der Waals surface area (Å²) in [7, 11) is 0. The molecule has 108 valence electrons. The molecule has 1 aromatic carbocycles. The van der Waals surface area contributed by atoms with Crippen molar-refractivity contribution in [2.75, 3.05) is 18.4 Å². The van der Waals surface area contributed by atoms with E-state index in [1.165, 1.54) is 5.56 Å². The zero-order valence-electron chi connectivity index (χ0n) is 11.2. The molecule has 0 spiro atoms. The van der Waals surface area contributed by atoms with Crippen molar-refractivity contribution in [1.82, 2.24) is 5.32 Å². The summed E-state index contributed by atoms with van der Waals surface area (Å²) in [4.78, 5) is 15.1. The van der Waals surface area contributed by atoms with E-state index in [2.05, 4.69) is 22.5 Å². The molecule has 0 aromatic heterocycles. The molecule has 0 saturated carbocycles. The Morgan fingerprint density at radius 2 is 2.25 bits per heavy atom. The molecule has 1 amide bonds. The predicted molar refractivity (Wildman–Crippen MR) is 90.0 cm³/mol. The Balaban J connectivity index is 0.00000361. The number of guanidine groups is 1. The van der Waals surface area contributed by atoms with E-state index in [4.69, 9.17) is 11.0 Å². The normalized spacial score (nSPS) is 10.1. The molecule has 0 fully saturated rings. The van der Waals surface area contributed by atoms with Crippen LogP contribution in [0.15, 0.2) is 29.3 Å². The van der Waals surface area contributed by atoms with Crippen molar-refractivity contribution in [3.63, 3.8) is 0 Å². The highest BCUT2D eigenvalue weighted by Crippen LogP contribution is 2.10. The van der Waals surface area contributed by atoms with Crippen molar-refractivity contribution < 1.29 is 4.79 Å². The molecule has 0 aliphatic heterocycles. The van der Waals surface area contributed by atoms with Crippen LogP contribution in [0.3, 0.4) is 0 Å². The van der Waals surface area contributed by atoms with Crippen LogP contribution in [0.4, 0.5) is 5.69 Å². The Morgan fingerprint density at radius 3 is 2.90 bits per heavy atom. The van der Waals surface area contributed by atoms with Crippen molar-refractivity contribution in [2.24, 2.45) is 10.7 Å². The second-order valence-electron chi connectivity index (χ2n) is 3.82. The van der Waals surface area contributed by atoms with Gasteiger partial charge in [-0.15, -0.1) is 24.0 Å². The Morgan fingerprint density at radius 1 is 1.50 bits per heavy atom. The van der Waals surface area contributed by atoms with Crippen molar-refractivity contribution >= 4 is 41.5 Å². The van der Waals surface area contributed by atoms with E-state index in [1.54, 1.807) is 0 Å². The molecular weight excluding hydrogens is 369 g/mol. The van der Waals surface area contributed by atoms with E-state index < -0.39 is 0 Å². The molecule has 0 radical (unpaired) electrons. The van der Waals surface area contributed by atoms with Crippen molar-refractivity contribution in [3.8, 4) is 6.07 Å². The van der Waals surface area contributed by atoms with Crippen LogP contribution in [-0.4, -0.2) is 25.0 Å². The van der Waals surface area contributed by atoms with Crippen molar-refractivity contribution in [1.29, 1.82) is 5.26 Å². The summed E-state index contributed by atoms with van der Waals surface area (Å²) in [5, 5.41) is 13.6. The summed E-state index contributed by atoms with van der Waals surface area (Å²) in [6.07, 6.45) is 0.934. The number of anilines is 1. The second-order valence-corrected chi connectivity index (χ2v) is 3.82. The molecule has 0 aliphatic rings. The minimum atomic E-state index is -0.339. The fraction of sp³-hybridized carbons (Fsp3) is 0.308. The molecule has 20 heavy (non-hydrogen) atoms. The van der Waals surface area contributed by atoms with Crippen LogP contribution < -0.4 is 16.4 Å². The van der Waals surface area contributed by atoms with Crippen LogP contribution in [0.25, 0.3) is 0 Å². The molecule has 0 aliphatic carbocycles.